The molecule has 7 heteroatoms. The first-order chi connectivity index (χ1) is 10.6. The van der Waals surface area contributed by atoms with Crippen molar-refractivity contribution < 1.29 is 14.7 Å². The van der Waals surface area contributed by atoms with Gasteiger partial charge in [0.1, 0.15) is 0 Å². The van der Waals surface area contributed by atoms with Crippen LogP contribution in [0, 0.1) is 0 Å². The first-order valence-corrected chi connectivity index (χ1v) is 7.45. The Balaban J connectivity index is 1.74. The molecule has 0 aliphatic carbocycles. The number of aliphatic carboxylic acids is 1. The smallest absolute Gasteiger partial charge is 0.317 e. The summed E-state index contributed by atoms with van der Waals surface area (Å²) < 4.78 is 2.17. The zero-order valence-electron chi connectivity index (χ0n) is 11.9. The summed E-state index contributed by atoms with van der Waals surface area (Å²) in [5.74, 6) is -0.922. The van der Waals surface area contributed by atoms with Crippen LogP contribution >= 0.6 is 11.6 Å². The summed E-state index contributed by atoms with van der Waals surface area (Å²) in [4.78, 5) is 24.2. The maximum absolute atomic E-state index is 12.1. The van der Waals surface area contributed by atoms with Gasteiger partial charge in [-0.1, -0.05) is 17.7 Å². The van der Waals surface area contributed by atoms with Crippen molar-refractivity contribution in [2.45, 2.75) is 19.5 Å². The highest BCUT2D eigenvalue weighted by atomic mass is 35.5. The monoisotopic (exact) mass is 321 g/mol. The second kappa shape index (κ2) is 5.88. The zero-order valence-corrected chi connectivity index (χ0v) is 12.6. The molecule has 22 heavy (non-hydrogen) atoms. The molecule has 0 spiro atoms. The lowest BCUT2D eigenvalue weighted by Crippen LogP contribution is -2.44. The molecule has 1 aliphatic rings. The first kappa shape index (κ1) is 14.7. The van der Waals surface area contributed by atoms with Crippen molar-refractivity contribution in [3.63, 3.8) is 0 Å². The third kappa shape index (κ3) is 2.74. The molecular formula is C15H16ClN3O3. The highest BCUT2D eigenvalue weighted by Crippen LogP contribution is 2.29. The second-order valence-corrected chi connectivity index (χ2v) is 5.66. The number of hydrogen-bond donors (Lipinski definition) is 2. The summed E-state index contributed by atoms with van der Waals surface area (Å²) in [6, 6.07) is 7.57. The molecule has 2 aromatic rings. The summed E-state index contributed by atoms with van der Waals surface area (Å²) in [6.45, 7) is 1.91. The van der Waals surface area contributed by atoms with Crippen molar-refractivity contribution >= 4 is 34.5 Å². The van der Waals surface area contributed by atoms with Gasteiger partial charge >= 0.3 is 12.0 Å². The van der Waals surface area contributed by atoms with Gasteiger partial charge in [0.05, 0.1) is 13.0 Å². The molecule has 0 unspecified atom stereocenters. The average molecular weight is 322 g/mol. The predicted molar refractivity (Wildman–Crippen MR) is 83.0 cm³/mol. The van der Waals surface area contributed by atoms with Gasteiger partial charge in [0, 0.05) is 41.3 Å². The number of hydrogen-bond acceptors (Lipinski definition) is 2. The van der Waals surface area contributed by atoms with E-state index in [0.717, 1.165) is 16.6 Å². The van der Waals surface area contributed by atoms with Crippen LogP contribution < -0.4 is 5.32 Å². The zero-order chi connectivity index (χ0) is 15.7. The minimum atomic E-state index is -0.922. The van der Waals surface area contributed by atoms with Crippen LogP contribution in [-0.2, 0) is 17.9 Å². The topological polar surface area (TPSA) is 74.6 Å². The fraction of sp³-hybridized carbons (Fsp3) is 0.333. The number of aromatic nitrogens is 1. The van der Waals surface area contributed by atoms with E-state index in [2.05, 4.69) is 9.88 Å². The summed E-state index contributed by atoms with van der Waals surface area (Å²) in [5, 5.41) is 12.9. The van der Waals surface area contributed by atoms with Crippen LogP contribution in [0.5, 0.6) is 0 Å². The van der Waals surface area contributed by atoms with E-state index in [9.17, 15) is 9.59 Å². The Kier molecular flexibility index (Phi) is 3.94. The van der Waals surface area contributed by atoms with E-state index in [4.69, 9.17) is 16.7 Å². The number of halogens is 1. The third-order valence-corrected chi connectivity index (χ3v) is 4.16. The molecule has 0 fully saturated rings. The molecule has 2 amide bonds. The minimum Gasteiger partial charge on any atom is -0.481 e. The number of fused-ring (bicyclic) bond motifs is 3. The fourth-order valence-electron chi connectivity index (χ4n) is 2.76. The SMILES string of the molecule is O=C(O)CCNC(=O)N1CCn2c(cc3c(Cl)cccc32)C1. The Bertz CT molecular complexity index is 741. The average Bonchev–Trinajstić information content (AvgIpc) is 2.86. The van der Waals surface area contributed by atoms with E-state index in [1.54, 1.807) is 4.90 Å². The maximum Gasteiger partial charge on any atom is 0.317 e. The van der Waals surface area contributed by atoms with Gasteiger partial charge < -0.3 is 19.9 Å². The number of carboxylic acid groups (broad SMARTS) is 1. The van der Waals surface area contributed by atoms with E-state index in [1.807, 2.05) is 24.3 Å². The summed E-state index contributed by atoms with van der Waals surface area (Å²) in [7, 11) is 0. The van der Waals surface area contributed by atoms with Gasteiger partial charge in [-0.05, 0) is 18.2 Å². The molecule has 1 aromatic carbocycles. The van der Waals surface area contributed by atoms with Crippen molar-refractivity contribution in [3.8, 4) is 0 Å². The lowest BCUT2D eigenvalue weighted by molar-refractivity contribution is -0.136. The lowest BCUT2D eigenvalue weighted by Gasteiger charge is -2.29. The number of amides is 2. The van der Waals surface area contributed by atoms with E-state index in [0.29, 0.717) is 24.7 Å². The Morgan fingerprint density at radius 3 is 2.91 bits per heavy atom. The highest BCUT2D eigenvalue weighted by molar-refractivity contribution is 6.35. The van der Waals surface area contributed by atoms with Gasteiger partial charge in [0.2, 0.25) is 0 Å². The normalized spacial score (nSPS) is 14.0. The van der Waals surface area contributed by atoms with Gasteiger partial charge in [-0.25, -0.2) is 4.79 Å². The maximum atomic E-state index is 12.1. The third-order valence-electron chi connectivity index (χ3n) is 3.83. The van der Waals surface area contributed by atoms with Gasteiger partial charge in [0.25, 0.3) is 0 Å². The molecule has 1 aromatic heterocycles. The largest absolute Gasteiger partial charge is 0.481 e. The first-order valence-electron chi connectivity index (χ1n) is 7.07. The fourth-order valence-corrected chi connectivity index (χ4v) is 2.98. The Labute approximate surface area is 132 Å². The second-order valence-electron chi connectivity index (χ2n) is 5.26. The Hall–Kier alpha value is -2.21. The number of carbonyl (C=O) groups excluding carboxylic acids is 1. The van der Waals surface area contributed by atoms with Crippen LogP contribution in [0.25, 0.3) is 10.9 Å². The molecule has 0 bridgehead atoms. The van der Waals surface area contributed by atoms with Crippen LogP contribution in [0.2, 0.25) is 5.02 Å². The van der Waals surface area contributed by atoms with E-state index in [-0.39, 0.29) is 19.0 Å². The van der Waals surface area contributed by atoms with Crippen LogP contribution in [0.1, 0.15) is 12.1 Å². The molecule has 0 saturated carbocycles. The van der Waals surface area contributed by atoms with Crippen molar-refractivity contribution in [3.05, 3.63) is 35.0 Å². The van der Waals surface area contributed by atoms with Crippen LogP contribution in [-0.4, -0.2) is 39.7 Å². The molecule has 0 saturated heterocycles. The highest BCUT2D eigenvalue weighted by Gasteiger charge is 2.22. The van der Waals surface area contributed by atoms with E-state index in [1.165, 1.54) is 0 Å². The molecule has 1 aliphatic heterocycles. The summed E-state index contributed by atoms with van der Waals surface area (Å²) in [5.41, 5.74) is 2.11. The molecule has 0 atom stereocenters. The van der Waals surface area contributed by atoms with Crippen LogP contribution in [0.3, 0.4) is 0 Å². The molecule has 3 rings (SSSR count). The number of rotatable bonds is 3. The number of nitrogens with zero attached hydrogens (tertiary/aromatic N) is 2. The van der Waals surface area contributed by atoms with Crippen molar-refractivity contribution in [1.82, 2.24) is 14.8 Å². The van der Waals surface area contributed by atoms with Crippen molar-refractivity contribution in [1.29, 1.82) is 0 Å². The quantitative estimate of drug-likeness (QED) is 0.911. The number of carboxylic acids is 1. The molecule has 6 nitrogen and oxygen atoms in total. The number of benzene rings is 1. The van der Waals surface area contributed by atoms with E-state index >= 15 is 0 Å². The van der Waals surface area contributed by atoms with Crippen LogP contribution in [0.4, 0.5) is 4.79 Å². The molecular weight excluding hydrogens is 306 g/mol. The number of nitrogens with one attached hydrogen (secondary N) is 1. The molecule has 0 radical (unpaired) electrons. The molecule has 2 N–H and O–H groups in total. The predicted octanol–water partition coefficient (Wildman–Crippen LogP) is 2.29. The summed E-state index contributed by atoms with van der Waals surface area (Å²) in [6.07, 6.45) is -0.0740. The standard InChI is InChI=1S/C15H16ClN3O3/c16-12-2-1-3-13-11(12)8-10-9-18(6-7-19(10)13)15(22)17-5-4-14(20)21/h1-3,8H,4-7,9H2,(H,17,22)(H,20,21). The Morgan fingerprint density at radius 1 is 1.32 bits per heavy atom. The number of urea groups is 1. The Morgan fingerprint density at radius 2 is 2.14 bits per heavy atom. The summed E-state index contributed by atoms with van der Waals surface area (Å²) >= 11 is 6.21. The lowest BCUT2D eigenvalue weighted by atomic mass is 10.2. The van der Waals surface area contributed by atoms with Crippen LogP contribution in [0.15, 0.2) is 24.3 Å². The van der Waals surface area contributed by atoms with Crippen molar-refractivity contribution in [2.75, 3.05) is 13.1 Å². The minimum absolute atomic E-state index is 0.0740. The van der Waals surface area contributed by atoms with Gasteiger partial charge in [-0.2, -0.15) is 0 Å². The van der Waals surface area contributed by atoms with Gasteiger partial charge in [-0.3, -0.25) is 4.79 Å². The molecule has 116 valence electrons. The van der Waals surface area contributed by atoms with Crippen molar-refractivity contribution in [2.24, 2.45) is 0 Å². The van der Waals surface area contributed by atoms with Gasteiger partial charge in [0.15, 0.2) is 0 Å². The molecule has 2 heterocycles. The van der Waals surface area contributed by atoms with E-state index < -0.39 is 5.97 Å². The number of carbonyl (C=O) groups is 2. The van der Waals surface area contributed by atoms with Gasteiger partial charge in [-0.15, -0.1) is 0 Å².